The highest BCUT2D eigenvalue weighted by atomic mass is 79.9. The fourth-order valence-electron chi connectivity index (χ4n) is 2.60. The van der Waals surface area contributed by atoms with Crippen molar-refractivity contribution >= 4 is 43.8 Å². The van der Waals surface area contributed by atoms with Crippen molar-refractivity contribution in [3.63, 3.8) is 0 Å². The van der Waals surface area contributed by atoms with E-state index in [4.69, 9.17) is 4.74 Å². The standard InChI is InChI=1S/C22H20BrN3O4S/c1-31(28,29)26(16-22(27)25-24-15-17-7-9-18(23)10-8-17)19-11-13-21(14-12-19)30-20-5-3-2-4-6-20/h2-15H,16H2,1H3,(H,25,27)/b24-15-. The Morgan fingerprint density at radius 1 is 1.00 bits per heavy atom. The number of nitrogens with one attached hydrogen (secondary N) is 1. The first-order chi connectivity index (χ1) is 14.8. The van der Waals surface area contributed by atoms with Crippen LogP contribution < -0.4 is 14.5 Å². The lowest BCUT2D eigenvalue weighted by atomic mass is 10.2. The molecule has 1 amide bonds. The number of hydrazone groups is 1. The molecule has 0 saturated carbocycles. The third-order valence-corrected chi connectivity index (χ3v) is 5.73. The first-order valence-corrected chi connectivity index (χ1v) is 11.8. The topological polar surface area (TPSA) is 88.1 Å². The zero-order valence-electron chi connectivity index (χ0n) is 16.6. The molecule has 7 nitrogen and oxygen atoms in total. The first kappa shape index (κ1) is 22.5. The number of amides is 1. The Morgan fingerprint density at radius 3 is 2.23 bits per heavy atom. The number of sulfonamides is 1. The number of halogens is 1. The molecule has 1 N–H and O–H groups in total. The molecule has 160 valence electrons. The van der Waals surface area contributed by atoms with Gasteiger partial charge in [0.05, 0.1) is 18.2 Å². The van der Waals surface area contributed by atoms with Crippen molar-refractivity contribution in [2.45, 2.75) is 0 Å². The smallest absolute Gasteiger partial charge is 0.260 e. The number of para-hydroxylation sites is 1. The molecule has 0 heterocycles. The maximum absolute atomic E-state index is 12.3. The van der Waals surface area contributed by atoms with Crippen molar-refractivity contribution in [1.82, 2.24) is 5.43 Å². The molecular weight excluding hydrogens is 482 g/mol. The number of rotatable bonds is 8. The van der Waals surface area contributed by atoms with Gasteiger partial charge in [-0.2, -0.15) is 5.10 Å². The second kappa shape index (κ2) is 10.2. The number of carbonyl (C=O) groups is 1. The molecule has 0 aromatic heterocycles. The molecule has 0 spiro atoms. The third-order valence-electron chi connectivity index (χ3n) is 4.06. The summed E-state index contributed by atoms with van der Waals surface area (Å²) in [5, 5.41) is 3.88. The molecule has 0 aliphatic heterocycles. The summed E-state index contributed by atoms with van der Waals surface area (Å²) >= 11 is 3.34. The molecule has 0 fully saturated rings. The van der Waals surface area contributed by atoms with Crippen LogP contribution in [0.25, 0.3) is 0 Å². The molecule has 31 heavy (non-hydrogen) atoms. The number of nitrogens with zero attached hydrogens (tertiary/aromatic N) is 2. The second-order valence-electron chi connectivity index (χ2n) is 6.52. The van der Waals surface area contributed by atoms with E-state index in [1.165, 1.54) is 6.21 Å². The molecule has 0 atom stereocenters. The SMILES string of the molecule is CS(=O)(=O)N(CC(=O)N/N=C\c1ccc(Br)cc1)c1ccc(Oc2ccccc2)cc1. The number of carbonyl (C=O) groups excluding carboxylic acids is 1. The van der Waals surface area contributed by atoms with Crippen LogP contribution in [0.15, 0.2) is 88.4 Å². The lowest BCUT2D eigenvalue weighted by molar-refractivity contribution is -0.119. The molecular formula is C22H20BrN3O4S. The molecule has 0 radical (unpaired) electrons. The number of anilines is 1. The van der Waals surface area contributed by atoms with Gasteiger partial charge in [-0.3, -0.25) is 9.10 Å². The summed E-state index contributed by atoms with van der Waals surface area (Å²) in [4.78, 5) is 12.3. The highest BCUT2D eigenvalue weighted by Crippen LogP contribution is 2.25. The molecule has 9 heteroatoms. The minimum Gasteiger partial charge on any atom is -0.457 e. The van der Waals surface area contributed by atoms with Gasteiger partial charge in [0, 0.05) is 4.47 Å². The predicted octanol–water partition coefficient (Wildman–Crippen LogP) is 4.16. The van der Waals surface area contributed by atoms with Gasteiger partial charge in [-0.25, -0.2) is 13.8 Å². The van der Waals surface area contributed by atoms with Crippen LogP contribution in [0.2, 0.25) is 0 Å². The van der Waals surface area contributed by atoms with E-state index >= 15 is 0 Å². The van der Waals surface area contributed by atoms with Crippen molar-refractivity contribution in [3.8, 4) is 11.5 Å². The fraction of sp³-hybridized carbons (Fsp3) is 0.0909. The number of hydrogen-bond acceptors (Lipinski definition) is 5. The summed E-state index contributed by atoms with van der Waals surface area (Å²) in [6.07, 6.45) is 2.52. The number of hydrogen-bond donors (Lipinski definition) is 1. The van der Waals surface area contributed by atoms with Crippen LogP contribution in [0.1, 0.15) is 5.56 Å². The van der Waals surface area contributed by atoms with E-state index in [1.54, 1.807) is 24.3 Å². The van der Waals surface area contributed by atoms with Crippen molar-refractivity contribution in [1.29, 1.82) is 0 Å². The second-order valence-corrected chi connectivity index (χ2v) is 9.35. The van der Waals surface area contributed by atoms with E-state index in [0.29, 0.717) is 17.2 Å². The summed E-state index contributed by atoms with van der Waals surface area (Å²) in [5.41, 5.74) is 3.48. The quantitative estimate of drug-likeness (QED) is 0.370. The number of benzene rings is 3. The molecule has 0 aliphatic rings. The number of ether oxygens (including phenoxy) is 1. The monoisotopic (exact) mass is 501 g/mol. The molecule has 0 bridgehead atoms. The molecule has 3 aromatic rings. The van der Waals surface area contributed by atoms with Crippen molar-refractivity contribution < 1.29 is 17.9 Å². The van der Waals surface area contributed by atoms with Crippen LogP contribution in [0.5, 0.6) is 11.5 Å². The van der Waals surface area contributed by atoms with Crippen LogP contribution in [0, 0.1) is 0 Å². The summed E-state index contributed by atoms with van der Waals surface area (Å²) in [6.45, 7) is -0.407. The Hall–Kier alpha value is -3.17. The Balaban J connectivity index is 1.66. The van der Waals surface area contributed by atoms with Gasteiger partial charge in [0.1, 0.15) is 18.0 Å². The Morgan fingerprint density at radius 2 is 1.61 bits per heavy atom. The predicted molar refractivity (Wildman–Crippen MR) is 125 cm³/mol. The van der Waals surface area contributed by atoms with Gasteiger partial charge >= 0.3 is 0 Å². The maximum atomic E-state index is 12.3. The van der Waals surface area contributed by atoms with Gasteiger partial charge in [0.25, 0.3) is 5.91 Å². The van der Waals surface area contributed by atoms with Gasteiger partial charge < -0.3 is 4.74 Å². The van der Waals surface area contributed by atoms with Gasteiger partial charge in [0.15, 0.2) is 0 Å². The largest absolute Gasteiger partial charge is 0.457 e. The average Bonchev–Trinajstić information content (AvgIpc) is 2.74. The van der Waals surface area contributed by atoms with Crippen LogP contribution >= 0.6 is 15.9 Å². The zero-order valence-corrected chi connectivity index (χ0v) is 19.0. The van der Waals surface area contributed by atoms with E-state index in [-0.39, 0.29) is 0 Å². The molecule has 0 saturated heterocycles. The van der Waals surface area contributed by atoms with Crippen molar-refractivity contribution in [2.75, 3.05) is 17.1 Å². The summed E-state index contributed by atoms with van der Waals surface area (Å²) in [6, 6.07) is 23.0. The highest BCUT2D eigenvalue weighted by molar-refractivity contribution is 9.10. The van der Waals surface area contributed by atoms with Crippen LogP contribution in [0.4, 0.5) is 5.69 Å². The fourth-order valence-corrected chi connectivity index (χ4v) is 3.72. The van der Waals surface area contributed by atoms with Gasteiger partial charge in [-0.05, 0) is 54.1 Å². The lowest BCUT2D eigenvalue weighted by Gasteiger charge is -2.21. The minimum absolute atomic E-state index is 0.343. The Kier molecular flexibility index (Phi) is 7.43. The van der Waals surface area contributed by atoms with Gasteiger partial charge in [-0.15, -0.1) is 0 Å². The van der Waals surface area contributed by atoms with E-state index < -0.39 is 22.5 Å². The van der Waals surface area contributed by atoms with Crippen LogP contribution in [0.3, 0.4) is 0 Å². The van der Waals surface area contributed by atoms with E-state index in [2.05, 4.69) is 26.5 Å². The first-order valence-electron chi connectivity index (χ1n) is 9.19. The lowest BCUT2D eigenvalue weighted by Crippen LogP contribution is -2.38. The van der Waals surface area contributed by atoms with Crippen molar-refractivity contribution in [3.05, 3.63) is 88.9 Å². The Bertz CT molecular complexity index is 1150. The maximum Gasteiger partial charge on any atom is 0.260 e. The normalized spacial score (nSPS) is 11.3. The summed E-state index contributed by atoms with van der Waals surface area (Å²) < 4.78 is 32.1. The van der Waals surface area contributed by atoms with Gasteiger partial charge in [-0.1, -0.05) is 46.3 Å². The van der Waals surface area contributed by atoms with E-state index in [1.807, 2.05) is 54.6 Å². The van der Waals surface area contributed by atoms with Crippen LogP contribution in [-0.4, -0.2) is 33.3 Å². The van der Waals surface area contributed by atoms with E-state index in [9.17, 15) is 13.2 Å². The highest BCUT2D eigenvalue weighted by Gasteiger charge is 2.20. The van der Waals surface area contributed by atoms with Crippen molar-refractivity contribution in [2.24, 2.45) is 5.10 Å². The average molecular weight is 502 g/mol. The molecule has 3 rings (SSSR count). The van der Waals surface area contributed by atoms with Crippen LogP contribution in [-0.2, 0) is 14.8 Å². The molecule has 0 unspecified atom stereocenters. The third kappa shape index (κ3) is 6.94. The van der Waals surface area contributed by atoms with E-state index in [0.717, 1.165) is 20.6 Å². The van der Waals surface area contributed by atoms with Gasteiger partial charge in [0.2, 0.25) is 10.0 Å². The molecule has 3 aromatic carbocycles. The summed E-state index contributed by atoms with van der Waals surface area (Å²) in [7, 11) is -3.69. The zero-order chi connectivity index (χ0) is 22.3. The Labute approximate surface area is 189 Å². The molecule has 0 aliphatic carbocycles. The summed E-state index contributed by atoms with van der Waals surface area (Å²) in [5.74, 6) is 0.647. The minimum atomic E-state index is -3.69.